The zero-order valence-electron chi connectivity index (χ0n) is 6.68. The molecular weight excluding hydrogens is 132 g/mol. The summed E-state index contributed by atoms with van der Waals surface area (Å²) >= 11 is 0. The summed E-state index contributed by atoms with van der Waals surface area (Å²) < 4.78 is 0. The van der Waals surface area contributed by atoms with Crippen molar-refractivity contribution in [1.29, 1.82) is 0 Å². The molecule has 0 aliphatic rings. The Balaban J connectivity index is 3.42. The summed E-state index contributed by atoms with van der Waals surface area (Å²) in [6.07, 6.45) is 0.934. The van der Waals surface area contributed by atoms with Crippen molar-refractivity contribution >= 4 is 6.03 Å². The van der Waals surface area contributed by atoms with Gasteiger partial charge in [0.2, 0.25) is 0 Å². The van der Waals surface area contributed by atoms with Crippen LogP contribution in [0.5, 0.6) is 0 Å². The third kappa shape index (κ3) is 3.29. The summed E-state index contributed by atoms with van der Waals surface area (Å²) in [5.41, 5.74) is 0. The van der Waals surface area contributed by atoms with Crippen LogP contribution in [0.3, 0.4) is 0 Å². The highest BCUT2D eigenvalue weighted by atomic mass is 16.7. The van der Waals surface area contributed by atoms with Crippen molar-refractivity contribution in [3.8, 4) is 0 Å². The van der Waals surface area contributed by atoms with Crippen molar-refractivity contribution in [2.45, 2.75) is 13.3 Å². The van der Waals surface area contributed by atoms with Gasteiger partial charge >= 0.3 is 6.03 Å². The van der Waals surface area contributed by atoms with Crippen LogP contribution in [0.25, 0.3) is 0 Å². The van der Waals surface area contributed by atoms with Crippen molar-refractivity contribution in [2.75, 3.05) is 20.7 Å². The maximum absolute atomic E-state index is 10.8. The first-order valence-corrected chi connectivity index (χ1v) is 3.28. The molecular formula is C6H14N2O2. The summed E-state index contributed by atoms with van der Waals surface area (Å²) in [5, 5.41) is 3.79. The Morgan fingerprint density at radius 1 is 1.70 bits per heavy atom. The van der Waals surface area contributed by atoms with Gasteiger partial charge < -0.3 is 5.32 Å². The number of carbonyl (C=O) groups excluding carboxylic acids is 1. The lowest BCUT2D eigenvalue weighted by atomic mass is 10.5. The molecule has 60 valence electrons. The zero-order chi connectivity index (χ0) is 7.98. The molecule has 4 nitrogen and oxygen atoms in total. The molecule has 0 fully saturated rings. The number of amides is 2. The average Bonchev–Trinajstić information content (AvgIpc) is 1.98. The second-order valence-electron chi connectivity index (χ2n) is 1.91. The molecule has 4 heteroatoms. The molecule has 0 atom stereocenters. The number of hydrogen-bond acceptors (Lipinski definition) is 2. The van der Waals surface area contributed by atoms with E-state index in [0.29, 0.717) is 6.54 Å². The first-order chi connectivity index (χ1) is 4.72. The smallest absolute Gasteiger partial charge is 0.336 e. The van der Waals surface area contributed by atoms with Crippen LogP contribution in [0.15, 0.2) is 0 Å². The summed E-state index contributed by atoms with van der Waals surface area (Å²) in [6.45, 7) is 2.68. The molecule has 0 aliphatic heterocycles. The van der Waals surface area contributed by atoms with E-state index in [9.17, 15) is 4.79 Å². The normalized spacial score (nSPS) is 9.10. The van der Waals surface area contributed by atoms with Crippen LogP contribution < -0.4 is 5.32 Å². The standard InChI is InChI=1S/C6H14N2O2/c1-4-5-7-6(9)8(2)10-3/h4-5H2,1-3H3,(H,7,9). The summed E-state index contributed by atoms with van der Waals surface area (Å²) in [7, 11) is 3.01. The third-order valence-electron chi connectivity index (χ3n) is 1.09. The zero-order valence-corrected chi connectivity index (χ0v) is 6.68. The van der Waals surface area contributed by atoms with Crippen molar-refractivity contribution in [3.63, 3.8) is 0 Å². The molecule has 0 spiro atoms. The van der Waals surface area contributed by atoms with Gasteiger partial charge in [-0.25, -0.2) is 9.86 Å². The van der Waals surface area contributed by atoms with Crippen molar-refractivity contribution in [1.82, 2.24) is 10.4 Å². The molecule has 0 aliphatic carbocycles. The number of hydrogen-bond donors (Lipinski definition) is 1. The van der Waals surface area contributed by atoms with Gasteiger partial charge in [-0.15, -0.1) is 0 Å². The Labute approximate surface area is 61.1 Å². The van der Waals surface area contributed by atoms with Crippen molar-refractivity contribution < 1.29 is 9.63 Å². The van der Waals surface area contributed by atoms with E-state index in [1.807, 2.05) is 6.92 Å². The minimum Gasteiger partial charge on any atom is -0.336 e. The lowest BCUT2D eigenvalue weighted by molar-refractivity contribution is -0.0646. The van der Waals surface area contributed by atoms with Gasteiger partial charge in [0.25, 0.3) is 0 Å². The van der Waals surface area contributed by atoms with Gasteiger partial charge in [0.15, 0.2) is 0 Å². The Morgan fingerprint density at radius 2 is 2.30 bits per heavy atom. The average molecular weight is 146 g/mol. The first kappa shape index (κ1) is 9.23. The lowest BCUT2D eigenvalue weighted by Crippen LogP contribution is -2.36. The van der Waals surface area contributed by atoms with E-state index >= 15 is 0 Å². The van der Waals surface area contributed by atoms with Gasteiger partial charge in [0.1, 0.15) is 0 Å². The molecule has 0 aromatic heterocycles. The Bertz CT molecular complexity index is 106. The summed E-state index contributed by atoms with van der Waals surface area (Å²) in [4.78, 5) is 15.5. The molecule has 0 radical (unpaired) electrons. The minimum atomic E-state index is -0.204. The molecule has 0 unspecified atom stereocenters. The Kier molecular flexibility index (Phi) is 4.66. The second kappa shape index (κ2) is 5.05. The largest absolute Gasteiger partial charge is 0.341 e. The van der Waals surface area contributed by atoms with E-state index in [0.717, 1.165) is 11.5 Å². The van der Waals surface area contributed by atoms with Gasteiger partial charge in [-0.1, -0.05) is 6.92 Å². The predicted molar refractivity (Wildman–Crippen MR) is 38.5 cm³/mol. The number of urea groups is 1. The molecule has 0 saturated carbocycles. The van der Waals surface area contributed by atoms with Crippen LogP contribution in [0, 0.1) is 0 Å². The quantitative estimate of drug-likeness (QED) is 0.592. The van der Waals surface area contributed by atoms with Gasteiger partial charge in [-0.2, -0.15) is 0 Å². The highest BCUT2D eigenvalue weighted by molar-refractivity contribution is 5.72. The number of carbonyl (C=O) groups is 1. The number of nitrogens with zero attached hydrogens (tertiary/aromatic N) is 1. The second-order valence-corrected chi connectivity index (χ2v) is 1.91. The van der Waals surface area contributed by atoms with Gasteiger partial charge in [0.05, 0.1) is 7.11 Å². The molecule has 0 saturated heterocycles. The molecule has 0 bridgehead atoms. The fourth-order valence-corrected chi connectivity index (χ4v) is 0.426. The Morgan fingerprint density at radius 3 is 2.70 bits per heavy atom. The SMILES string of the molecule is CCCNC(=O)N(C)OC. The molecule has 0 aromatic rings. The minimum absolute atomic E-state index is 0.204. The third-order valence-corrected chi connectivity index (χ3v) is 1.09. The number of hydroxylamine groups is 2. The van der Waals surface area contributed by atoms with Crippen LogP contribution >= 0.6 is 0 Å². The number of nitrogens with one attached hydrogen (secondary N) is 1. The Hall–Kier alpha value is -0.770. The van der Waals surface area contributed by atoms with Gasteiger partial charge in [0, 0.05) is 13.6 Å². The van der Waals surface area contributed by atoms with Crippen molar-refractivity contribution in [2.24, 2.45) is 0 Å². The van der Waals surface area contributed by atoms with Crippen LogP contribution in [0.1, 0.15) is 13.3 Å². The monoisotopic (exact) mass is 146 g/mol. The fraction of sp³-hybridized carbons (Fsp3) is 0.833. The van der Waals surface area contributed by atoms with Crippen LogP contribution in [0.2, 0.25) is 0 Å². The molecule has 10 heavy (non-hydrogen) atoms. The van der Waals surface area contributed by atoms with E-state index in [2.05, 4.69) is 10.2 Å². The summed E-state index contributed by atoms with van der Waals surface area (Å²) in [5.74, 6) is 0. The topological polar surface area (TPSA) is 41.6 Å². The first-order valence-electron chi connectivity index (χ1n) is 3.28. The number of rotatable bonds is 3. The predicted octanol–water partition coefficient (Wildman–Crippen LogP) is 0.599. The maximum atomic E-state index is 10.8. The fourth-order valence-electron chi connectivity index (χ4n) is 0.426. The van der Waals surface area contributed by atoms with Crippen LogP contribution in [0.4, 0.5) is 4.79 Å². The van der Waals surface area contributed by atoms with Crippen molar-refractivity contribution in [3.05, 3.63) is 0 Å². The van der Waals surface area contributed by atoms with Gasteiger partial charge in [-0.05, 0) is 6.42 Å². The molecule has 2 amide bonds. The highest BCUT2D eigenvalue weighted by Gasteiger charge is 2.03. The van der Waals surface area contributed by atoms with E-state index < -0.39 is 0 Å². The van der Waals surface area contributed by atoms with E-state index in [1.54, 1.807) is 7.05 Å². The van der Waals surface area contributed by atoms with E-state index in [-0.39, 0.29) is 6.03 Å². The van der Waals surface area contributed by atoms with Gasteiger partial charge in [-0.3, -0.25) is 4.84 Å². The van der Waals surface area contributed by atoms with Crippen LogP contribution in [-0.2, 0) is 4.84 Å². The van der Waals surface area contributed by atoms with E-state index in [1.165, 1.54) is 7.11 Å². The molecule has 0 rings (SSSR count). The maximum Gasteiger partial charge on any atom is 0.341 e. The van der Waals surface area contributed by atoms with Crippen LogP contribution in [-0.4, -0.2) is 31.8 Å². The molecule has 1 N–H and O–H groups in total. The summed E-state index contributed by atoms with van der Waals surface area (Å²) in [6, 6.07) is -0.204. The molecule has 0 aromatic carbocycles. The lowest BCUT2D eigenvalue weighted by Gasteiger charge is -2.13. The highest BCUT2D eigenvalue weighted by Crippen LogP contribution is 1.82. The molecule has 0 heterocycles. The van der Waals surface area contributed by atoms with E-state index in [4.69, 9.17) is 0 Å².